The normalized spacial score (nSPS) is 13.8. The van der Waals surface area contributed by atoms with Crippen molar-refractivity contribution in [2.45, 2.75) is 232 Å². The molecule has 0 heterocycles. The SMILES string of the molecule is CC/C=C\C/C=C\C/C=C\C/C=C\C/C=C\C/C=C\C/C=C\CCCC(=O)OC(COC(=O)CCCCCCCCCCCCCCCCC/C=C\C/C=C\C/C=C\C/C=C\C/C=C\CC)COC(OCC[N+](C)(C)C)C(=O)O. The number of esters is 2. The van der Waals surface area contributed by atoms with Crippen molar-refractivity contribution in [3.63, 3.8) is 0 Å². The van der Waals surface area contributed by atoms with Crippen LogP contribution in [0, 0.1) is 0 Å². The molecule has 1 N–H and O–H groups in total. The fourth-order valence-corrected chi connectivity index (χ4v) is 7.91. The molecule has 0 aliphatic carbocycles. The number of ether oxygens (including phenoxy) is 4. The zero-order chi connectivity index (χ0) is 57.6. The second kappa shape index (κ2) is 59.3. The van der Waals surface area contributed by atoms with Gasteiger partial charge in [-0.2, -0.15) is 0 Å². The first-order valence-corrected chi connectivity index (χ1v) is 31.0. The number of quaternary nitrogens is 1. The third-order valence-corrected chi connectivity index (χ3v) is 12.6. The first-order chi connectivity index (χ1) is 38.6. The van der Waals surface area contributed by atoms with Gasteiger partial charge in [-0.25, -0.2) is 4.79 Å². The van der Waals surface area contributed by atoms with Crippen molar-refractivity contribution in [3.05, 3.63) is 146 Å². The van der Waals surface area contributed by atoms with Crippen molar-refractivity contribution in [1.82, 2.24) is 0 Å². The van der Waals surface area contributed by atoms with Crippen molar-refractivity contribution in [2.24, 2.45) is 0 Å². The maximum Gasteiger partial charge on any atom is 0.361 e. The van der Waals surface area contributed by atoms with Gasteiger partial charge in [0.2, 0.25) is 0 Å². The predicted molar refractivity (Wildman–Crippen MR) is 336 cm³/mol. The summed E-state index contributed by atoms with van der Waals surface area (Å²) in [6.07, 6.45) is 83.7. The molecule has 0 saturated carbocycles. The number of carboxylic acid groups (broad SMARTS) is 1. The zero-order valence-corrected chi connectivity index (χ0v) is 50.7. The molecular weight excluding hydrogens is 983 g/mol. The lowest BCUT2D eigenvalue weighted by atomic mass is 10.0. The Morgan fingerprint density at radius 2 is 0.696 bits per heavy atom. The molecule has 0 bridgehead atoms. The molecule has 0 rings (SSSR count). The monoisotopic (exact) mass is 1100 g/mol. The molecule has 0 amide bonds. The van der Waals surface area contributed by atoms with Crippen LogP contribution < -0.4 is 0 Å². The largest absolute Gasteiger partial charge is 0.477 e. The Bertz CT molecular complexity index is 1800. The topological polar surface area (TPSA) is 108 Å². The van der Waals surface area contributed by atoms with E-state index >= 15 is 0 Å². The molecule has 0 saturated heterocycles. The van der Waals surface area contributed by atoms with E-state index in [2.05, 4.69) is 160 Å². The Kier molecular flexibility index (Phi) is 55.7. The zero-order valence-electron chi connectivity index (χ0n) is 50.7. The highest BCUT2D eigenvalue weighted by molar-refractivity contribution is 5.71. The first-order valence-electron chi connectivity index (χ1n) is 31.0. The minimum Gasteiger partial charge on any atom is -0.477 e. The van der Waals surface area contributed by atoms with E-state index in [9.17, 15) is 19.5 Å². The molecule has 0 aromatic carbocycles. The van der Waals surface area contributed by atoms with Crippen LogP contribution in [0.5, 0.6) is 0 Å². The second-order valence-electron chi connectivity index (χ2n) is 21.2. The van der Waals surface area contributed by atoms with Gasteiger partial charge in [0.25, 0.3) is 6.29 Å². The Morgan fingerprint density at radius 1 is 0.380 bits per heavy atom. The third kappa shape index (κ3) is 60.7. The van der Waals surface area contributed by atoms with E-state index in [1.165, 1.54) is 83.5 Å². The number of carboxylic acids is 1. The molecule has 2 unspecified atom stereocenters. The summed E-state index contributed by atoms with van der Waals surface area (Å²) in [4.78, 5) is 37.5. The van der Waals surface area contributed by atoms with Crippen molar-refractivity contribution < 1.29 is 42.9 Å². The number of hydrogen-bond acceptors (Lipinski definition) is 7. The summed E-state index contributed by atoms with van der Waals surface area (Å²) < 4.78 is 22.8. The fraction of sp³-hybridized carbons (Fsp3) is 0.614. The lowest BCUT2D eigenvalue weighted by Gasteiger charge is -2.25. The van der Waals surface area contributed by atoms with Crippen molar-refractivity contribution in [2.75, 3.05) is 47.5 Å². The van der Waals surface area contributed by atoms with E-state index in [1.807, 2.05) is 21.1 Å². The van der Waals surface area contributed by atoms with Crippen LogP contribution in [0.25, 0.3) is 0 Å². The summed E-state index contributed by atoms with van der Waals surface area (Å²) in [6.45, 7) is 4.57. The van der Waals surface area contributed by atoms with Gasteiger partial charge >= 0.3 is 17.9 Å². The van der Waals surface area contributed by atoms with Gasteiger partial charge in [-0.15, -0.1) is 0 Å². The quantitative estimate of drug-likeness (QED) is 0.0211. The number of carbonyl (C=O) groups excluding carboxylic acids is 2. The minimum atomic E-state index is -1.54. The molecule has 9 heteroatoms. The second-order valence-corrected chi connectivity index (χ2v) is 21.2. The highest BCUT2D eigenvalue weighted by Crippen LogP contribution is 2.15. The highest BCUT2D eigenvalue weighted by atomic mass is 16.7. The van der Waals surface area contributed by atoms with Crippen LogP contribution in [0.2, 0.25) is 0 Å². The van der Waals surface area contributed by atoms with Gasteiger partial charge in [0, 0.05) is 12.8 Å². The molecular formula is C70H114NO8+. The molecule has 0 fully saturated rings. The van der Waals surface area contributed by atoms with Gasteiger partial charge < -0.3 is 28.5 Å². The number of aliphatic carboxylic acids is 1. The van der Waals surface area contributed by atoms with E-state index in [1.54, 1.807) is 0 Å². The van der Waals surface area contributed by atoms with Crippen molar-refractivity contribution >= 4 is 17.9 Å². The number of nitrogens with zero attached hydrogens (tertiary/aromatic N) is 1. The van der Waals surface area contributed by atoms with Crippen LogP contribution in [0.1, 0.15) is 219 Å². The van der Waals surface area contributed by atoms with Crippen molar-refractivity contribution in [1.29, 1.82) is 0 Å². The lowest BCUT2D eigenvalue weighted by Crippen LogP contribution is -2.40. The smallest absolute Gasteiger partial charge is 0.361 e. The summed E-state index contributed by atoms with van der Waals surface area (Å²) in [7, 11) is 5.94. The molecule has 2 atom stereocenters. The average molecular weight is 1100 g/mol. The average Bonchev–Trinajstić information content (AvgIpc) is 3.42. The summed E-state index contributed by atoms with van der Waals surface area (Å²) in [6, 6.07) is 0. The molecule has 0 aliphatic rings. The van der Waals surface area contributed by atoms with Gasteiger partial charge in [0.1, 0.15) is 13.2 Å². The lowest BCUT2D eigenvalue weighted by molar-refractivity contribution is -0.870. The van der Waals surface area contributed by atoms with E-state index in [-0.39, 0.29) is 38.6 Å². The number of carbonyl (C=O) groups is 3. The van der Waals surface area contributed by atoms with E-state index in [0.717, 1.165) is 96.3 Å². The molecule has 446 valence electrons. The Morgan fingerprint density at radius 3 is 1.05 bits per heavy atom. The predicted octanol–water partition coefficient (Wildman–Crippen LogP) is 18.8. The molecule has 0 spiro atoms. The van der Waals surface area contributed by atoms with Crippen LogP contribution in [0.4, 0.5) is 0 Å². The molecule has 9 nitrogen and oxygen atoms in total. The minimum absolute atomic E-state index is 0.169. The number of rotatable bonds is 55. The number of allylic oxidation sites excluding steroid dienone is 24. The molecule has 0 radical (unpaired) electrons. The van der Waals surface area contributed by atoms with Gasteiger partial charge in [-0.3, -0.25) is 9.59 Å². The Labute approximate surface area is 483 Å². The van der Waals surface area contributed by atoms with Crippen molar-refractivity contribution in [3.8, 4) is 0 Å². The van der Waals surface area contributed by atoms with Crippen LogP contribution in [0.3, 0.4) is 0 Å². The first kappa shape index (κ1) is 74.2. The maximum absolute atomic E-state index is 12.9. The fourth-order valence-electron chi connectivity index (χ4n) is 7.91. The maximum atomic E-state index is 12.9. The summed E-state index contributed by atoms with van der Waals surface area (Å²) >= 11 is 0. The van der Waals surface area contributed by atoms with Gasteiger partial charge in [-0.05, 0) is 109 Å². The molecule has 0 aromatic rings. The van der Waals surface area contributed by atoms with E-state index < -0.39 is 24.3 Å². The Balaban J connectivity index is 4.28. The molecule has 79 heavy (non-hydrogen) atoms. The number of likely N-dealkylation sites (N-methyl/N-ethyl adjacent to an activating group) is 1. The van der Waals surface area contributed by atoms with Crippen LogP contribution >= 0.6 is 0 Å². The van der Waals surface area contributed by atoms with E-state index in [4.69, 9.17) is 18.9 Å². The third-order valence-electron chi connectivity index (χ3n) is 12.6. The molecule has 0 aromatic heterocycles. The Hall–Kier alpha value is -4.83. The summed E-state index contributed by atoms with van der Waals surface area (Å²) in [5.74, 6) is -2.10. The van der Waals surface area contributed by atoms with Gasteiger partial charge in [-0.1, -0.05) is 243 Å². The summed E-state index contributed by atoms with van der Waals surface area (Å²) in [5.41, 5.74) is 0. The van der Waals surface area contributed by atoms with Crippen LogP contribution in [0.15, 0.2) is 146 Å². The number of hydrogen-bond donors (Lipinski definition) is 1. The van der Waals surface area contributed by atoms with Gasteiger partial charge in [0.15, 0.2) is 6.10 Å². The highest BCUT2D eigenvalue weighted by Gasteiger charge is 2.25. The standard InChI is InChI=1S/C70H113NO8/c1-6-8-10-12-14-16-18-20-22-24-26-28-30-31-32-33-34-35-36-37-39-40-42-44-46-48-50-52-54-56-58-60-67(72)77-64-66(65-78-70(69(74)75)76-63-62-71(3,4)5)79-68(73)61-59-57-55-53-51-49-47-45-43-41-38-29-27-25-23-21-19-17-15-13-11-9-7-2/h8-11,14-17,20-23,26-29,31-32,41,43,47,49,53,55,66,70H,6-7,12-13,18-19,24-25,30,33-40,42,44-46,48,50-52,54,56-65H2,1-5H3/p+1/b10-8-,11-9-,16-14-,17-15-,22-20-,23-21-,28-26-,29-27-,32-31-,43-41-,49-47-,55-53-. The molecule has 0 aliphatic heterocycles. The van der Waals surface area contributed by atoms with Crippen LogP contribution in [-0.4, -0.2) is 87.4 Å². The summed E-state index contributed by atoms with van der Waals surface area (Å²) in [5, 5.41) is 9.71. The van der Waals surface area contributed by atoms with E-state index in [0.29, 0.717) is 23.9 Å². The number of unbranched alkanes of at least 4 members (excludes halogenated alkanes) is 16. The van der Waals surface area contributed by atoms with Crippen LogP contribution in [-0.2, 0) is 33.3 Å². The van der Waals surface area contributed by atoms with Gasteiger partial charge in [0.05, 0.1) is 34.4 Å².